The van der Waals surface area contributed by atoms with Crippen molar-refractivity contribution < 1.29 is 38.4 Å². The molecule has 12 heteroatoms. The lowest BCUT2D eigenvalue weighted by Gasteiger charge is -2.51. The number of aliphatic hydroxyl groups excluding tert-OH is 1. The number of nitrogens with zero attached hydrogens (tertiary/aromatic N) is 4. The van der Waals surface area contributed by atoms with Gasteiger partial charge in [0, 0.05) is 13.1 Å². The van der Waals surface area contributed by atoms with E-state index >= 15 is 0 Å². The fourth-order valence-corrected chi connectivity index (χ4v) is 5.28. The van der Waals surface area contributed by atoms with Gasteiger partial charge in [0.1, 0.15) is 5.60 Å². The number of ether oxygens (including phenoxy) is 4. The summed E-state index contributed by atoms with van der Waals surface area (Å²) >= 11 is 0. The van der Waals surface area contributed by atoms with E-state index in [1.165, 1.54) is 9.91 Å². The molecule has 1 N–H and O–H groups in total. The molecule has 1 spiro atoms. The number of urea groups is 1. The van der Waals surface area contributed by atoms with Crippen LogP contribution in [0.15, 0.2) is 30.4 Å². The Kier molecular flexibility index (Phi) is 6.64. The summed E-state index contributed by atoms with van der Waals surface area (Å²) < 4.78 is 21.6. The van der Waals surface area contributed by atoms with Crippen molar-refractivity contribution in [2.24, 2.45) is 0 Å². The van der Waals surface area contributed by atoms with Gasteiger partial charge in [-0.25, -0.2) is 19.4 Å². The Hall–Kier alpha value is -3.51. The van der Waals surface area contributed by atoms with Crippen LogP contribution in [0.4, 0.5) is 9.59 Å². The minimum absolute atomic E-state index is 0.0826. The van der Waals surface area contributed by atoms with Crippen LogP contribution in [-0.2, 0) is 20.8 Å². The highest BCUT2D eigenvalue weighted by Crippen LogP contribution is 2.43. The van der Waals surface area contributed by atoms with E-state index < -0.39 is 41.6 Å². The molecule has 3 amide bonds. The van der Waals surface area contributed by atoms with E-state index in [4.69, 9.17) is 18.9 Å². The molecule has 4 heterocycles. The first kappa shape index (κ1) is 26.1. The van der Waals surface area contributed by atoms with Crippen molar-refractivity contribution in [2.45, 2.75) is 70.6 Å². The molecule has 38 heavy (non-hydrogen) atoms. The predicted molar refractivity (Wildman–Crippen MR) is 133 cm³/mol. The molecule has 206 valence electrons. The maximum Gasteiger partial charge on any atom is 0.410 e. The molecule has 4 aliphatic heterocycles. The molecule has 12 nitrogen and oxygen atoms in total. The Bertz CT molecular complexity index is 1140. The van der Waals surface area contributed by atoms with Crippen molar-refractivity contribution in [1.29, 1.82) is 0 Å². The number of hydrazine groups is 1. The number of esters is 1. The highest BCUT2D eigenvalue weighted by molar-refractivity contribution is 5.86. The number of likely N-dealkylation sites (tertiary alicyclic amines) is 1. The van der Waals surface area contributed by atoms with Crippen LogP contribution >= 0.6 is 0 Å². The molecular weight excluding hydrogens is 496 g/mol. The monoisotopic (exact) mass is 530 g/mol. The average molecular weight is 531 g/mol. The summed E-state index contributed by atoms with van der Waals surface area (Å²) in [4.78, 5) is 42.1. The first-order valence-electron chi connectivity index (χ1n) is 12.8. The number of aliphatic hydroxyl groups is 1. The minimum atomic E-state index is -1.34. The van der Waals surface area contributed by atoms with E-state index in [1.54, 1.807) is 41.1 Å². The topological polar surface area (TPSA) is 121 Å². The molecule has 2 unspecified atom stereocenters. The van der Waals surface area contributed by atoms with E-state index in [0.29, 0.717) is 37.4 Å². The first-order valence-corrected chi connectivity index (χ1v) is 12.8. The Balaban J connectivity index is 1.41. The second-order valence-electron chi connectivity index (χ2n) is 10.8. The molecule has 2 atom stereocenters. The third-order valence-corrected chi connectivity index (χ3v) is 7.08. The van der Waals surface area contributed by atoms with Gasteiger partial charge in [-0.05, 0) is 58.2 Å². The molecule has 0 aliphatic carbocycles. The van der Waals surface area contributed by atoms with E-state index in [-0.39, 0.29) is 19.9 Å². The van der Waals surface area contributed by atoms with Gasteiger partial charge in [0.05, 0.1) is 18.7 Å². The summed E-state index contributed by atoms with van der Waals surface area (Å²) in [6.07, 6.45) is 2.62. The summed E-state index contributed by atoms with van der Waals surface area (Å²) in [7, 11) is 0. The number of carbonyl (C=O) groups is 3. The Labute approximate surface area is 221 Å². The average Bonchev–Trinajstić information content (AvgIpc) is 3.42. The number of benzene rings is 1. The first-order chi connectivity index (χ1) is 18.0. The van der Waals surface area contributed by atoms with Gasteiger partial charge in [-0.1, -0.05) is 18.2 Å². The van der Waals surface area contributed by atoms with Crippen LogP contribution in [0, 0.1) is 0 Å². The van der Waals surface area contributed by atoms with Gasteiger partial charge in [0.25, 0.3) is 0 Å². The van der Waals surface area contributed by atoms with Crippen molar-refractivity contribution in [3.05, 3.63) is 35.9 Å². The quantitative estimate of drug-likeness (QED) is 0.462. The lowest BCUT2D eigenvalue weighted by Crippen LogP contribution is -2.66. The van der Waals surface area contributed by atoms with Crippen LogP contribution in [-0.4, -0.2) is 93.0 Å². The SMILES string of the molecule is CCOC(=O)C1C=CC2(CCN(C(=O)OC(C)(C)C)CC2)N2C(O)N(Cc3ccc4c(c3)OCO4)C(=O)N12. The number of piperidine rings is 1. The largest absolute Gasteiger partial charge is 0.464 e. The molecule has 0 radical (unpaired) electrons. The zero-order valence-electron chi connectivity index (χ0n) is 22.1. The van der Waals surface area contributed by atoms with Crippen molar-refractivity contribution in [1.82, 2.24) is 19.8 Å². The number of carbonyl (C=O) groups excluding carboxylic acids is 3. The number of rotatable bonds is 4. The van der Waals surface area contributed by atoms with Crippen molar-refractivity contribution in [3.63, 3.8) is 0 Å². The standard InChI is InChI=1S/C26H34N4O8/c1-5-35-21(31)18-8-9-26(10-12-27(13-11-26)24(34)38-25(2,3)4)30-23(33)28(22(32)29(18)30)15-17-6-7-19-20(14-17)37-16-36-19/h6-9,14,18,23,33H,5,10-13,15-16H2,1-4H3. The fourth-order valence-electron chi connectivity index (χ4n) is 5.28. The Morgan fingerprint density at radius 3 is 2.55 bits per heavy atom. The Morgan fingerprint density at radius 1 is 1.16 bits per heavy atom. The van der Waals surface area contributed by atoms with Gasteiger partial charge in [-0.15, -0.1) is 0 Å². The second-order valence-corrected chi connectivity index (χ2v) is 10.8. The van der Waals surface area contributed by atoms with E-state index in [9.17, 15) is 19.5 Å². The summed E-state index contributed by atoms with van der Waals surface area (Å²) in [6.45, 7) is 8.22. The van der Waals surface area contributed by atoms with Crippen LogP contribution in [0.1, 0.15) is 46.1 Å². The molecule has 0 bridgehead atoms. The van der Waals surface area contributed by atoms with Gasteiger partial charge < -0.3 is 29.0 Å². The summed E-state index contributed by atoms with van der Waals surface area (Å²) in [5.74, 6) is 0.601. The second kappa shape index (κ2) is 9.66. The van der Waals surface area contributed by atoms with Crippen molar-refractivity contribution >= 4 is 18.1 Å². The molecule has 4 aliphatic rings. The highest BCUT2D eigenvalue weighted by atomic mass is 16.7. The summed E-state index contributed by atoms with van der Waals surface area (Å²) in [6, 6.07) is 3.79. The lowest BCUT2D eigenvalue weighted by atomic mass is 9.84. The van der Waals surface area contributed by atoms with E-state index in [1.807, 2.05) is 26.8 Å². The molecule has 2 saturated heterocycles. The van der Waals surface area contributed by atoms with Crippen LogP contribution < -0.4 is 9.47 Å². The van der Waals surface area contributed by atoms with E-state index in [0.717, 1.165) is 5.56 Å². The maximum absolute atomic E-state index is 13.7. The Morgan fingerprint density at radius 2 is 1.87 bits per heavy atom. The fraction of sp³-hybridized carbons (Fsp3) is 0.577. The van der Waals surface area contributed by atoms with Crippen LogP contribution in [0.25, 0.3) is 0 Å². The minimum Gasteiger partial charge on any atom is -0.464 e. The number of fused-ring (bicyclic) bond motifs is 3. The van der Waals surface area contributed by atoms with Gasteiger partial charge in [-0.3, -0.25) is 4.90 Å². The number of hydrogen-bond acceptors (Lipinski definition) is 9. The van der Waals surface area contributed by atoms with E-state index in [2.05, 4.69) is 0 Å². The molecule has 0 aromatic heterocycles. The molecule has 0 saturated carbocycles. The molecule has 1 aromatic carbocycles. The third kappa shape index (κ3) is 4.62. The normalized spacial score (nSPS) is 24.1. The zero-order chi connectivity index (χ0) is 27.2. The number of amides is 3. The molecule has 2 fully saturated rings. The van der Waals surface area contributed by atoms with Crippen LogP contribution in [0.5, 0.6) is 11.5 Å². The molecular formula is C26H34N4O8. The highest BCUT2D eigenvalue weighted by Gasteiger charge is 2.58. The zero-order valence-corrected chi connectivity index (χ0v) is 22.1. The predicted octanol–water partition coefficient (Wildman–Crippen LogP) is 2.42. The third-order valence-electron chi connectivity index (χ3n) is 7.08. The molecule has 5 rings (SSSR count). The summed E-state index contributed by atoms with van der Waals surface area (Å²) in [5, 5.41) is 14.4. The molecule has 1 aromatic rings. The smallest absolute Gasteiger partial charge is 0.410 e. The number of hydrogen-bond donors (Lipinski definition) is 1. The van der Waals surface area contributed by atoms with Gasteiger partial charge in [-0.2, -0.15) is 5.01 Å². The van der Waals surface area contributed by atoms with Crippen molar-refractivity contribution in [3.8, 4) is 11.5 Å². The maximum atomic E-state index is 13.7. The van der Waals surface area contributed by atoms with Crippen LogP contribution in [0.2, 0.25) is 0 Å². The summed E-state index contributed by atoms with van der Waals surface area (Å²) in [5.41, 5.74) is -0.676. The van der Waals surface area contributed by atoms with Crippen molar-refractivity contribution in [2.75, 3.05) is 26.5 Å². The van der Waals surface area contributed by atoms with Crippen LogP contribution in [0.3, 0.4) is 0 Å². The van der Waals surface area contributed by atoms with Gasteiger partial charge in [0.15, 0.2) is 17.5 Å². The van der Waals surface area contributed by atoms with Gasteiger partial charge in [0.2, 0.25) is 13.1 Å². The lowest BCUT2D eigenvalue weighted by molar-refractivity contribution is -0.192. The van der Waals surface area contributed by atoms with Gasteiger partial charge >= 0.3 is 18.1 Å².